The minimum atomic E-state index is -1.75. The molecule has 2 aromatic rings. The van der Waals surface area contributed by atoms with Crippen molar-refractivity contribution >= 4 is 5.97 Å². The van der Waals surface area contributed by atoms with E-state index in [1.807, 2.05) is 48.5 Å². The average molecular weight is 338 g/mol. The van der Waals surface area contributed by atoms with Crippen LogP contribution in [0.3, 0.4) is 0 Å². The number of fused-ring (bicyclic) bond motifs is 2. The summed E-state index contributed by atoms with van der Waals surface area (Å²) in [4.78, 5) is 13.0. The highest BCUT2D eigenvalue weighted by Gasteiger charge is 2.45. The monoisotopic (exact) mass is 338 g/mol. The van der Waals surface area contributed by atoms with E-state index in [1.165, 1.54) is 0 Å². The van der Waals surface area contributed by atoms with Crippen LogP contribution in [0.5, 0.6) is 0 Å². The third-order valence-corrected chi connectivity index (χ3v) is 4.86. The SMILES string of the molecule is CC(C)(C)CCOC(=O)C1(O)c2ccccc2CCc2ccccc21. The van der Waals surface area contributed by atoms with Crippen LogP contribution in [0.15, 0.2) is 48.5 Å². The fourth-order valence-corrected chi connectivity index (χ4v) is 3.37. The number of carbonyl (C=O) groups excluding carboxylic acids is 1. The van der Waals surface area contributed by atoms with E-state index in [2.05, 4.69) is 20.8 Å². The molecule has 1 aliphatic carbocycles. The van der Waals surface area contributed by atoms with E-state index in [0.717, 1.165) is 30.4 Å². The quantitative estimate of drug-likeness (QED) is 0.861. The number of aliphatic hydroxyl groups is 1. The fourth-order valence-electron chi connectivity index (χ4n) is 3.37. The lowest BCUT2D eigenvalue weighted by molar-refractivity contribution is -0.162. The van der Waals surface area contributed by atoms with Gasteiger partial charge in [-0.2, -0.15) is 0 Å². The molecule has 0 radical (unpaired) electrons. The van der Waals surface area contributed by atoms with Crippen molar-refractivity contribution < 1.29 is 14.6 Å². The predicted octanol–water partition coefficient (Wildman–Crippen LogP) is 4.00. The molecule has 0 atom stereocenters. The molecule has 3 nitrogen and oxygen atoms in total. The topological polar surface area (TPSA) is 46.5 Å². The average Bonchev–Trinajstić information content (AvgIpc) is 2.70. The normalized spacial score (nSPS) is 15.7. The summed E-state index contributed by atoms with van der Waals surface area (Å²) in [6, 6.07) is 15.2. The van der Waals surface area contributed by atoms with Crippen molar-refractivity contribution in [3.63, 3.8) is 0 Å². The maximum Gasteiger partial charge on any atom is 0.347 e. The van der Waals surface area contributed by atoms with Gasteiger partial charge in [-0.3, -0.25) is 0 Å². The number of carbonyl (C=O) groups is 1. The van der Waals surface area contributed by atoms with Crippen LogP contribution in [0.1, 0.15) is 49.4 Å². The molecule has 0 bridgehead atoms. The van der Waals surface area contributed by atoms with Gasteiger partial charge in [0.05, 0.1) is 6.61 Å². The van der Waals surface area contributed by atoms with Gasteiger partial charge in [0.2, 0.25) is 5.60 Å². The standard InChI is InChI=1S/C22H26O3/c1-21(2,3)14-15-25-20(23)22(24)18-10-6-4-8-16(18)12-13-17-9-5-7-11-19(17)22/h4-11,24H,12-15H2,1-3H3. The van der Waals surface area contributed by atoms with Crippen molar-refractivity contribution in [1.29, 1.82) is 0 Å². The molecule has 0 amide bonds. The number of hydrogen-bond donors (Lipinski definition) is 1. The molecule has 0 heterocycles. The van der Waals surface area contributed by atoms with E-state index in [0.29, 0.717) is 17.7 Å². The summed E-state index contributed by atoms with van der Waals surface area (Å²) < 4.78 is 5.54. The fraction of sp³-hybridized carbons (Fsp3) is 0.409. The van der Waals surface area contributed by atoms with Gasteiger partial charge >= 0.3 is 5.97 Å². The molecule has 0 unspecified atom stereocenters. The first-order chi connectivity index (χ1) is 11.8. The van der Waals surface area contributed by atoms with E-state index in [9.17, 15) is 9.90 Å². The lowest BCUT2D eigenvalue weighted by atomic mass is 9.83. The van der Waals surface area contributed by atoms with Gasteiger partial charge < -0.3 is 9.84 Å². The Bertz CT molecular complexity index is 723. The molecule has 1 N–H and O–H groups in total. The van der Waals surface area contributed by atoms with Crippen LogP contribution < -0.4 is 0 Å². The molecular formula is C22H26O3. The first-order valence-corrected chi connectivity index (χ1v) is 8.89. The van der Waals surface area contributed by atoms with Crippen LogP contribution >= 0.6 is 0 Å². The summed E-state index contributed by atoms with van der Waals surface area (Å²) in [5.41, 5.74) is 1.59. The predicted molar refractivity (Wildman–Crippen MR) is 98.3 cm³/mol. The Labute approximate surface area is 149 Å². The Morgan fingerprint density at radius 1 is 1.00 bits per heavy atom. The molecule has 2 aromatic carbocycles. The van der Waals surface area contributed by atoms with Gasteiger partial charge in [0.15, 0.2) is 0 Å². The first-order valence-electron chi connectivity index (χ1n) is 8.89. The number of esters is 1. The second kappa shape index (κ2) is 6.64. The number of benzene rings is 2. The van der Waals surface area contributed by atoms with Crippen LogP contribution in [0.2, 0.25) is 0 Å². The first kappa shape index (κ1) is 17.7. The van der Waals surface area contributed by atoms with Crippen LogP contribution in [0.4, 0.5) is 0 Å². The molecule has 0 saturated heterocycles. The Kier molecular flexibility index (Phi) is 4.70. The van der Waals surface area contributed by atoms with E-state index in [4.69, 9.17) is 4.74 Å². The molecule has 0 saturated carbocycles. The van der Waals surface area contributed by atoms with E-state index < -0.39 is 11.6 Å². The van der Waals surface area contributed by atoms with Crippen molar-refractivity contribution in [2.24, 2.45) is 5.41 Å². The van der Waals surface area contributed by atoms with Gasteiger partial charge in [-0.1, -0.05) is 69.3 Å². The number of rotatable bonds is 3. The van der Waals surface area contributed by atoms with Crippen LogP contribution in [0.25, 0.3) is 0 Å². The van der Waals surface area contributed by atoms with Crippen molar-refractivity contribution in [2.45, 2.75) is 45.6 Å². The van der Waals surface area contributed by atoms with Crippen molar-refractivity contribution in [3.05, 3.63) is 70.8 Å². The molecule has 1 aliphatic rings. The second-order valence-electron chi connectivity index (χ2n) is 7.97. The van der Waals surface area contributed by atoms with Crippen LogP contribution in [-0.4, -0.2) is 17.7 Å². The molecule has 3 rings (SSSR count). The zero-order valence-corrected chi connectivity index (χ0v) is 15.2. The zero-order chi connectivity index (χ0) is 18.1. The van der Waals surface area contributed by atoms with Crippen molar-refractivity contribution in [3.8, 4) is 0 Å². The van der Waals surface area contributed by atoms with Gasteiger partial charge in [-0.15, -0.1) is 0 Å². The second-order valence-corrected chi connectivity index (χ2v) is 7.97. The van der Waals surface area contributed by atoms with Crippen molar-refractivity contribution in [1.82, 2.24) is 0 Å². The van der Waals surface area contributed by atoms with Crippen molar-refractivity contribution in [2.75, 3.05) is 6.61 Å². The largest absolute Gasteiger partial charge is 0.463 e. The Morgan fingerprint density at radius 2 is 1.48 bits per heavy atom. The lowest BCUT2D eigenvalue weighted by Crippen LogP contribution is -2.40. The third-order valence-electron chi connectivity index (χ3n) is 4.86. The highest BCUT2D eigenvalue weighted by Crippen LogP contribution is 2.38. The molecule has 132 valence electrons. The van der Waals surface area contributed by atoms with Gasteiger partial charge in [0, 0.05) is 11.1 Å². The molecule has 0 fully saturated rings. The van der Waals surface area contributed by atoms with Gasteiger partial charge in [-0.05, 0) is 35.8 Å². The summed E-state index contributed by atoms with van der Waals surface area (Å²) in [6.45, 7) is 6.61. The Morgan fingerprint density at radius 3 is 1.96 bits per heavy atom. The van der Waals surface area contributed by atoms with Gasteiger partial charge in [-0.25, -0.2) is 4.79 Å². The molecule has 3 heteroatoms. The summed E-state index contributed by atoms with van der Waals surface area (Å²) in [6.07, 6.45) is 2.34. The maximum atomic E-state index is 13.0. The van der Waals surface area contributed by atoms with E-state index >= 15 is 0 Å². The lowest BCUT2D eigenvalue weighted by Gasteiger charge is -2.29. The summed E-state index contributed by atoms with van der Waals surface area (Å²) >= 11 is 0. The smallest absolute Gasteiger partial charge is 0.347 e. The summed E-state index contributed by atoms with van der Waals surface area (Å²) in [5, 5.41) is 11.6. The van der Waals surface area contributed by atoms with E-state index in [-0.39, 0.29) is 5.41 Å². The van der Waals surface area contributed by atoms with Crippen LogP contribution in [-0.2, 0) is 28.0 Å². The number of ether oxygens (including phenoxy) is 1. The molecule has 0 aliphatic heterocycles. The third kappa shape index (κ3) is 3.47. The minimum Gasteiger partial charge on any atom is -0.463 e. The van der Waals surface area contributed by atoms with Gasteiger partial charge in [0.25, 0.3) is 0 Å². The Hall–Kier alpha value is -2.13. The summed E-state index contributed by atoms with van der Waals surface area (Å²) in [7, 11) is 0. The molecule has 0 spiro atoms. The van der Waals surface area contributed by atoms with Crippen LogP contribution in [0, 0.1) is 5.41 Å². The zero-order valence-electron chi connectivity index (χ0n) is 15.2. The highest BCUT2D eigenvalue weighted by molar-refractivity contribution is 5.86. The number of hydrogen-bond acceptors (Lipinski definition) is 3. The molecule has 25 heavy (non-hydrogen) atoms. The van der Waals surface area contributed by atoms with Gasteiger partial charge in [0.1, 0.15) is 0 Å². The van der Waals surface area contributed by atoms with E-state index in [1.54, 1.807) is 0 Å². The molecule has 0 aromatic heterocycles. The molecular weight excluding hydrogens is 312 g/mol. The Balaban J connectivity index is 2.01. The number of aryl methyl sites for hydroxylation is 2. The summed E-state index contributed by atoms with van der Waals surface area (Å²) in [5.74, 6) is -0.585. The maximum absolute atomic E-state index is 13.0. The highest BCUT2D eigenvalue weighted by atomic mass is 16.5. The minimum absolute atomic E-state index is 0.0716.